The van der Waals surface area contributed by atoms with Gasteiger partial charge in [0.2, 0.25) is 0 Å². The van der Waals surface area contributed by atoms with Crippen molar-refractivity contribution in [3.8, 4) is 0 Å². The lowest BCUT2D eigenvalue weighted by Gasteiger charge is -2.29. The van der Waals surface area contributed by atoms with Crippen LogP contribution in [-0.4, -0.2) is 42.3 Å². The highest BCUT2D eigenvalue weighted by atomic mass is 16.1. The molecule has 0 radical (unpaired) electrons. The van der Waals surface area contributed by atoms with E-state index < -0.39 is 0 Å². The van der Waals surface area contributed by atoms with Gasteiger partial charge in [-0.3, -0.25) is 4.79 Å². The minimum atomic E-state index is -0.207. The third kappa shape index (κ3) is 2.35. The van der Waals surface area contributed by atoms with Crippen LogP contribution in [0.3, 0.4) is 0 Å². The highest BCUT2D eigenvalue weighted by Gasteiger charge is 2.39. The summed E-state index contributed by atoms with van der Waals surface area (Å²) in [7, 11) is 1.59. The van der Waals surface area contributed by atoms with E-state index in [1.165, 1.54) is 12.8 Å². The fourth-order valence-electron chi connectivity index (χ4n) is 3.45. The van der Waals surface area contributed by atoms with Crippen LogP contribution in [0, 0.1) is 11.8 Å². The molecule has 1 aromatic rings. The van der Waals surface area contributed by atoms with Gasteiger partial charge in [0, 0.05) is 26.2 Å². The first kappa shape index (κ1) is 13.3. The van der Waals surface area contributed by atoms with Gasteiger partial charge in [-0.05, 0) is 36.8 Å². The van der Waals surface area contributed by atoms with E-state index >= 15 is 0 Å². The molecule has 20 heavy (non-hydrogen) atoms. The molecule has 3 rings (SSSR count). The van der Waals surface area contributed by atoms with Crippen molar-refractivity contribution in [2.45, 2.75) is 25.3 Å². The van der Waals surface area contributed by atoms with Crippen LogP contribution in [-0.2, 0) is 0 Å². The molecule has 0 bridgehead atoms. The Hall–Kier alpha value is -1.69. The number of carbonyl (C=O) groups is 1. The SMILES string of the molecule is CNC(=O)c1ccc(N2CC3CCCC(N)C3C2)nn1. The number of rotatable bonds is 2. The maximum absolute atomic E-state index is 11.5. The summed E-state index contributed by atoms with van der Waals surface area (Å²) in [4.78, 5) is 13.7. The summed E-state index contributed by atoms with van der Waals surface area (Å²) in [6.07, 6.45) is 3.63. The molecule has 1 saturated carbocycles. The Kier molecular flexibility index (Phi) is 3.56. The third-order valence-corrected chi connectivity index (χ3v) is 4.59. The molecule has 2 heterocycles. The highest BCUT2D eigenvalue weighted by Crippen LogP contribution is 2.36. The number of hydrogen-bond acceptors (Lipinski definition) is 5. The smallest absolute Gasteiger partial charge is 0.271 e. The number of fused-ring (bicyclic) bond motifs is 1. The molecular formula is C14H21N5O. The fraction of sp³-hybridized carbons (Fsp3) is 0.643. The molecule has 6 nitrogen and oxygen atoms in total. The zero-order valence-corrected chi connectivity index (χ0v) is 11.7. The van der Waals surface area contributed by atoms with Crippen molar-refractivity contribution >= 4 is 11.7 Å². The molecule has 0 aromatic carbocycles. The van der Waals surface area contributed by atoms with E-state index in [1.54, 1.807) is 13.1 Å². The number of nitrogens with zero attached hydrogens (tertiary/aromatic N) is 3. The third-order valence-electron chi connectivity index (χ3n) is 4.59. The van der Waals surface area contributed by atoms with Crippen LogP contribution in [0.4, 0.5) is 5.82 Å². The van der Waals surface area contributed by atoms with Crippen LogP contribution in [0.25, 0.3) is 0 Å². The van der Waals surface area contributed by atoms with E-state index in [1.807, 2.05) is 6.07 Å². The van der Waals surface area contributed by atoms with Gasteiger partial charge in [-0.2, -0.15) is 0 Å². The Morgan fingerprint density at radius 3 is 2.85 bits per heavy atom. The monoisotopic (exact) mass is 275 g/mol. The number of nitrogens with one attached hydrogen (secondary N) is 1. The quantitative estimate of drug-likeness (QED) is 0.816. The fourth-order valence-corrected chi connectivity index (χ4v) is 3.45. The number of aromatic nitrogens is 2. The largest absolute Gasteiger partial charge is 0.354 e. The number of carbonyl (C=O) groups excluding carboxylic acids is 1. The molecule has 108 valence electrons. The van der Waals surface area contributed by atoms with Gasteiger partial charge >= 0.3 is 0 Å². The van der Waals surface area contributed by atoms with Crippen molar-refractivity contribution in [1.82, 2.24) is 15.5 Å². The van der Waals surface area contributed by atoms with E-state index in [4.69, 9.17) is 5.73 Å². The Morgan fingerprint density at radius 1 is 1.35 bits per heavy atom. The van der Waals surface area contributed by atoms with Crippen LogP contribution in [0.1, 0.15) is 29.8 Å². The van der Waals surface area contributed by atoms with Gasteiger partial charge in [0.25, 0.3) is 5.91 Å². The van der Waals surface area contributed by atoms with Crippen molar-refractivity contribution in [2.75, 3.05) is 25.0 Å². The molecule has 1 amide bonds. The first-order valence-electron chi connectivity index (χ1n) is 7.25. The average Bonchev–Trinajstić information content (AvgIpc) is 2.92. The molecule has 2 fully saturated rings. The van der Waals surface area contributed by atoms with Crippen molar-refractivity contribution in [2.24, 2.45) is 17.6 Å². The van der Waals surface area contributed by atoms with Crippen molar-refractivity contribution in [3.63, 3.8) is 0 Å². The molecule has 2 aliphatic rings. The molecule has 6 heteroatoms. The summed E-state index contributed by atoms with van der Waals surface area (Å²) in [6, 6.07) is 3.92. The highest BCUT2D eigenvalue weighted by molar-refractivity contribution is 5.91. The second-order valence-electron chi connectivity index (χ2n) is 5.78. The lowest BCUT2D eigenvalue weighted by Crippen LogP contribution is -2.38. The predicted molar refractivity (Wildman–Crippen MR) is 76.4 cm³/mol. The van der Waals surface area contributed by atoms with Gasteiger partial charge in [0.1, 0.15) is 0 Å². The molecule has 1 aliphatic carbocycles. The summed E-state index contributed by atoms with van der Waals surface area (Å²) in [5.41, 5.74) is 6.58. The standard InChI is InChI=1S/C14H21N5O/c1-16-14(20)12-5-6-13(18-17-12)19-7-9-3-2-4-11(15)10(9)8-19/h5-6,9-11H,2-4,7-8,15H2,1H3,(H,16,20). The van der Waals surface area contributed by atoms with Crippen LogP contribution < -0.4 is 16.0 Å². The summed E-state index contributed by atoms with van der Waals surface area (Å²) < 4.78 is 0. The summed E-state index contributed by atoms with van der Waals surface area (Å²) in [5.74, 6) is 1.89. The van der Waals surface area contributed by atoms with E-state index in [0.717, 1.165) is 25.3 Å². The van der Waals surface area contributed by atoms with Crippen LogP contribution in [0.5, 0.6) is 0 Å². The number of nitrogens with two attached hydrogens (primary N) is 1. The second-order valence-corrected chi connectivity index (χ2v) is 5.78. The minimum Gasteiger partial charge on any atom is -0.354 e. The molecule has 1 saturated heterocycles. The lowest BCUT2D eigenvalue weighted by molar-refractivity contribution is 0.0957. The van der Waals surface area contributed by atoms with Gasteiger partial charge in [0.15, 0.2) is 11.5 Å². The number of amides is 1. The Morgan fingerprint density at radius 2 is 2.20 bits per heavy atom. The molecule has 3 N–H and O–H groups in total. The van der Waals surface area contributed by atoms with Gasteiger partial charge in [0.05, 0.1) is 0 Å². The van der Waals surface area contributed by atoms with Gasteiger partial charge in [-0.1, -0.05) is 6.42 Å². The number of anilines is 1. The average molecular weight is 275 g/mol. The maximum Gasteiger partial charge on any atom is 0.271 e. The lowest BCUT2D eigenvalue weighted by atomic mass is 9.78. The van der Waals surface area contributed by atoms with Crippen molar-refractivity contribution in [3.05, 3.63) is 17.8 Å². The first-order valence-corrected chi connectivity index (χ1v) is 7.25. The summed E-state index contributed by atoms with van der Waals surface area (Å²) in [5, 5.41) is 10.7. The van der Waals surface area contributed by atoms with Gasteiger partial charge in [-0.15, -0.1) is 10.2 Å². The first-order chi connectivity index (χ1) is 9.69. The molecule has 1 aromatic heterocycles. The van der Waals surface area contributed by atoms with Crippen molar-refractivity contribution in [1.29, 1.82) is 0 Å². The summed E-state index contributed by atoms with van der Waals surface area (Å²) in [6.45, 7) is 1.96. The Bertz CT molecular complexity index is 489. The normalized spacial score (nSPS) is 29.1. The Balaban J connectivity index is 1.72. The topological polar surface area (TPSA) is 84.1 Å². The van der Waals surface area contributed by atoms with Crippen LogP contribution >= 0.6 is 0 Å². The van der Waals surface area contributed by atoms with Gasteiger partial charge in [-0.25, -0.2) is 0 Å². The molecule has 0 spiro atoms. The van der Waals surface area contributed by atoms with E-state index in [0.29, 0.717) is 23.6 Å². The zero-order valence-electron chi connectivity index (χ0n) is 11.7. The molecule has 3 unspecified atom stereocenters. The second kappa shape index (κ2) is 5.36. The van der Waals surface area contributed by atoms with E-state index in [9.17, 15) is 4.79 Å². The molecule has 3 atom stereocenters. The van der Waals surface area contributed by atoms with E-state index in [2.05, 4.69) is 20.4 Å². The molecule has 1 aliphatic heterocycles. The zero-order chi connectivity index (χ0) is 14.1. The molecular weight excluding hydrogens is 254 g/mol. The minimum absolute atomic E-state index is 0.207. The maximum atomic E-state index is 11.5. The summed E-state index contributed by atoms with van der Waals surface area (Å²) >= 11 is 0. The number of hydrogen-bond donors (Lipinski definition) is 2. The van der Waals surface area contributed by atoms with Crippen LogP contribution in [0.2, 0.25) is 0 Å². The Labute approximate surface area is 118 Å². The van der Waals surface area contributed by atoms with Gasteiger partial charge < -0.3 is 16.0 Å². The van der Waals surface area contributed by atoms with Crippen molar-refractivity contribution < 1.29 is 4.79 Å². The predicted octanol–water partition coefficient (Wildman–Crippen LogP) is 0.400. The van der Waals surface area contributed by atoms with Crippen LogP contribution in [0.15, 0.2) is 12.1 Å². The van der Waals surface area contributed by atoms with E-state index in [-0.39, 0.29) is 5.91 Å².